The third-order valence-corrected chi connectivity index (χ3v) is 5.89. The van der Waals surface area contributed by atoms with Crippen LogP contribution >= 0.6 is 23.4 Å². The highest BCUT2D eigenvalue weighted by Gasteiger charge is 2.29. The Balaban J connectivity index is 1.74. The van der Waals surface area contributed by atoms with E-state index in [4.69, 9.17) is 11.6 Å². The Bertz CT molecular complexity index is 480. The van der Waals surface area contributed by atoms with Crippen molar-refractivity contribution in [3.63, 3.8) is 0 Å². The molecule has 110 valence electrons. The molecule has 0 amide bonds. The van der Waals surface area contributed by atoms with E-state index in [-0.39, 0.29) is 0 Å². The highest BCUT2D eigenvalue weighted by Crippen LogP contribution is 2.38. The van der Waals surface area contributed by atoms with E-state index in [1.54, 1.807) is 0 Å². The Morgan fingerprint density at radius 2 is 2.20 bits per heavy atom. The van der Waals surface area contributed by atoms with Gasteiger partial charge in [-0.3, -0.25) is 0 Å². The molecule has 0 spiro atoms. The molecule has 3 unspecified atom stereocenters. The lowest BCUT2D eigenvalue weighted by Gasteiger charge is -2.38. The smallest absolute Gasteiger partial charge is 0.0410 e. The zero-order chi connectivity index (χ0) is 14.1. The lowest BCUT2D eigenvalue weighted by atomic mass is 9.92. The number of rotatable bonds is 2. The average molecular weight is 311 g/mol. The average Bonchev–Trinajstić information content (AvgIpc) is 2.42. The van der Waals surface area contributed by atoms with Crippen LogP contribution in [0.2, 0.25) is 5.02 Å². The number of halogens is 1. The number of likely N-dealkylation sites (tertiary alicyclic amines) is 1. The summed E-state index contributed by atoms with van der Waals surface area (Å²) in [5, 5.41) is 4.77. The van der Waals surface area contributed by atoms with Crippen LogP contribution in [0.3, 0.4) is 0 Å². The molecule has 2 aliphatic rings. The van der Waals surface area contributed by atoms with Gasteiger partial charge in [-0.1, -0.05) is 18.5 Å². The molecular weight excluding hydrogens is 288 g/mol. The molecule has 2 heterocycles. The van der Waals surface area contributed by atoms with Crippen LogP contribution in [0, 0.1) is 5.92 Å². The molecule has 2 aliphatic heterocycles. The Hall–Kier alpha value is -0.220. The maximum atomic E-state index is 6.19. The van der Waals surface area contributed by atoms with Crippen molar-refractivity contribution in [2.75, 3.05) is 25.9 Å². The van der Waals surface area contributed by atoms with Crippen LogP contribution in [0.25, 0.3) is 0 Å². The van der Waals surface area contributed by atoms with Gasteiger partial charge in [-0.2, -0.15) is 0 Å². The molecule has 0 aliphatic carbocycles. The van der Waals surface area contributed by atoms with Gasteiger partial charge in [-0.05, 0) is 61.9 Å². The molecular formula is C16H23ClN2S. The first-order chi connectivity index (χ1) is 9.63. The van der Waals surface area contributed by atoms with Gasteiger partial charge in [-0.15, -0.1) is 11.8 Å². The van der Waals surface area contributed by atoms with Crippen LogP contribution in [-0.2, 0) is 0 Å². The maximum Gasteiger partial charge on any atom is 0.0410 e. The molecule has 2 nitrogen and oxygen atoms in total. The van der Waals surface area contributed by atoms with E-state index in [1.165, 1.54) is 42.1 Å². The Labute approximate surface area is 131 Å². The lowest BCUT2D eigenvalue weighted by Crippen LogP contribution is -2.48. The summed E-state index contributed by atoms with van der Waals surface area (Å²) in [5.41, 5.74) is 1.40. The zero-order valence-electron chi connectivity index (χ0n) is 12.2. The first-order valence-corrected chi connectivity index (χ1v) is 8.86. The third kappa shape index (κ3) is 3.16. The predicted octanol–water partition coefficient (Wildman–Crippen LogP) is 3.81. The van der Waals surface area contributed by atoms with Crippen molar-refractivity contribution >= 4 is 23.4 Å². The van der Waals surface area contributed by atoms with Gasteiger partial charge in [-0.25, -0.2) is 0 Å². The molecule has 0 saturated carbocycles. The first kappa shape index (κ1) is 14.7. The van der Waals surface area contributed by atoms with Crippen molar-refractivity contribution in [1.82, 2.24) is 10.2 Å². The van der Waals surface area contributed by atoms with E-state index in [0.29, 0.717) is 18.0 Å². The summed E-state index contributed by atoms with van der Waals surface area (Å²) in [6, 6.07) is 7.44. The first-order valence-electron chi connectivity index (χ1n) is 7.50. The Kier molecular flexibility index (Phi) is 4.61. The van der Waals surface area contributed by atoms with E-state index < -0.39 is 0 Å². The lowest BCUT2D eigenvalue weighted by molar-refractivity contribution is 0.165. The summed E-state index contributed by atoms with van der Waals surface area (Å²) in [4.78, 5) is 3.84. The van der Waals surface area contributed by atoms with Crippen molar-refractivity contribution in [2.24, 2.45) is 5.92 Å². The van der Waals surface area contributed by atoms with Crippen molar-refractivity contribution in [1.29, 1.82) is 0 Å². The molecule has 1 aromatic rings. The highest BCUT2D eigenvalue weighted by atomic mass is 35.5. The van der Waals surface area contributed by atoms with Crippen LogP contribution in [0.5, 0.6) is 0 Å². The standard InChI is InChI=1S/C16H23ClN2S/c1-11-10-19(2)7-5-14(11)18-15-6-8-20-16-4-3-12(17)9-13(15)16/h3-4,9,11,14-15,18H,5-8,10H2,1-2H3. The monoisotopic (exact) mass is 310 g/mol. The fourth-order valence-corrected chi connectivity index (χ4v) is 4.68. The fourth-order valence-electron chi connectivity index (χ4n) is 3.40. The van der Waals surface area contributed by atoms with Gasteiger partial charge in [0.25, 0.3) is 0 Å². The second-order valence-corrected chi connectivity index (χ2v) is 7.75. The number of nitrogens with zero attached hydrogens (tertiary/aromatic N) is 1. The van der Waals surface area contributed by atoms with E-state index in [1.807, 2.05) is 17.8 Å². The van der Waals surface area contributed by atoms with Crippen molar-refractivity contribution < 1.29 is 0 Å². The minimum atomic E-state index is 0.473. The van der Waals surface area contributed by atoms with Crippen molar-refractivity contribution in [3.05, 3.63) is 28.8 Å². The van der Waals surface area contributed by atoms with E-state index in [9.17, 15) is 0 Å². The SMILES string of the molecule is CC1CN(C)CCC1NC1CCSc2ccc(Cl)cc21. The number of hydrogen-bond donors (Lipinski definition) is 1. The predicted molar refractivity (Wildman–Crippen MR) is 87.7 cm³/mol. The second-order valence-electron chi connectivity index (χ2n) is 6.17. The minimum Gasteiger partial charge on any atom is -0.307 e. The molecule has 0 aromatic heterocycles. The quantitative estimate of drug-likeness (QED) is 0.894. The van der Waals surface area contributed by atoms with Gasteiger partial charge in [0.15, 0.2) is 0 Å². The summed E-state index contributed by atoms with van der Waals surface area (Å²) < 4.78 is 0. The molecule has 4 heteroatoms. The van der Waals surface area contributed by atoms with Gasteiger partial charge in [0.2, 0.25) is 0 Å². The van der Waals surface area contributed by atoms with Crippen LogP contribution < -0.4 is 5.32 Å². The summed E-state index contributed by atoms with van der Waals surface area (Å²) >= 11 is 8.15. The van der Waals surface area contributed by atoms with Crippen LogP contribution in [0.4, 0.5) is 0 Å². The van der Waals surface area contributed by atoms with E-state index in [0.717, 1.165) is 5.02 Å². The van der Waals surface area contributed by atoms with E-state index >= 15 is 0 Å². The highest BCUT2D eigenvalue weighted by molar-refractivity contribution is 7.99. The van der Waals surface area contributed by atoms with Gasteiger partial charge in [0.05, 0.1) is 0 Å². The van der Waals surface area contributed by atoms with Gasteiger partial charge >= 0.3 is 0 Å². The summed E-state index contributed by atoms with van der Waals surface area (Å²) in [6.45, 7) is 4.76. The summed E-state index contributed by atoms with van der Waals surface area (Å²) in [7, 11) is 2.22. The molecule has 3 atom stereocenters. The molecule has 0 radical (unpaired) electrons. The number of thioether (sulfide) groups is 1. The van der Waals surface area contributed by atoms with E-state index in [2.05, 4.69) is 36.3 Å². The van der Waals surface area contributed by atoms with Gasteiger partial charge < -0.3 is 10.2 Å². The Morgan fingerprint density at radius 1 is 1.35 bits per heavy atom. The number of benzene rings is 1. The third-order valence-electron chi connectivity index (χ3n) is 4.53. The largest absolute Gasteiger partial charge is 0.307 e. The van der Waals surface area contributed by atoms with Gasteiger partial charge in [0.1, 0.15) is 0 Å². The summed E-state index contributed by atoms with van der Waals surface area (Å²) in [6.07, 6.45) is 2.45. The molecule has 20 heavy (non-hydrogen) atoms. The molecule has 0 bridgehead atoms. The number of piperidine rings is 1. The minimum absolute atomic E-state index is 0.473. The number of nitrogens with one attached hydrogen (secondary N) is 1. The van der Waals surface area contributed by atoms with Crippen LogP contribution in [0.15, 0.2) is 23.1 Å². The number of hydrogen-bond acceptors (Lipinski definition) is 3. The fraction of sp³-hybridized carbons (Fsp3) is 0.625. The van der Waals surface area contributed by atoms with Crippen molar-refractivity contribution in [2.45, 2.75) is 36.7 Å². The normalized spacial score (nSPS) is 31.1. The van der Waals surface area contributed by atoms with Crippen molar-refractivity contribution in [3.8, 4) is 0 Å². The Morgan fingerprint density at radius 3 is 3.00 bits per heavy atom. The molecule has 1 aromatic carbocycles. The van der Waals surface area contributed by atoms with Gasteiger partial charge in [0, 0.05) is 28.5 Å². The molecule has 1 fully saturated rings. The van der Waals surface area contributed by atoms with Crippen LogP contribution in [-0.4, -0.2) is 36.8 Å². The topological polar surface area (TPSA) is 15.3 Å². The summed E-state index contributed by atoms with van der Waals surface area (Å²) in [5.74, 6) is 1.92. The zero-order valence-corrected chi connectivity index (χ0v) is 13.8. The molecule has 3 rings (SSSR count). The van der Waals surface area contributed by atoms with Crippen LogP contribution in [0.1, 0.15) is 31.4 Å². The molecule has 1 saturated heterocycles. The molecule has 1 N–H and O–H groups in total. The second kappa shape index (κ2) is 6.27. The number of fused-ring (bicyclic) bond motifs is 1. The maximum absolute atomic E-state index is 6.19.